The fourth-order valence-electron chi connectivity index (χ4n) is 1.28. The van der Waals surface area contributed by atoms with Crippen LogP contribution in [0.5, 0.6) is 5.75 Å². The van der Waals surface area contributed by atoms with Gasteiger partial charge in [0.05, 0.1) is 4.92 Å². The Morgan fingerprint density at radius 2 is 2.24 bits per heavy atom. The minimum absolute atomic E-state index is 0.0952. The van der Waals surface area contributed by atoms with Gasteiger partial charge in [-0.1, -0.05) is 22.9 Å². The number of hydrogen-bond acceptors (Lipinski definition) is 4. The maximum absolute atomic E-state index is 11.4. The van der Waals surface area contributed by atoms with Crippen molar-refractivity contribution < 1.29 is 14.5 Å². The van der Waals surface area contributed by atoms with Crippen molar-refractivity contribution in [2.45, 2.75) is 26.4 Å². The van der Waals surface area contributed by atoms with E-state index in [9.17, 15) is 14.9 Å². The highest BCUT2D eigenvalue weighted by molar-refractivity contribution is 9.10. The van der Waals surface area contributed by atoms with Crippen LogP contribution in [0.4, 0.5) is 5.69 Å². The molecule has 1 aromatic rings. The molecule has 1 aromatic carbocycles. The van der Waals surface area contributed by atoms with Crippen LogP contribution < -0.4 is 4.74 Å². The molecule has 0 N–H and O–H groups in total. The first-order valence-corrected chi connectivity index (χ1v) is 5.88. The number of carbonyl (C=O) groups is 1. The second kappa shape index (κ2) is 5.77. The number of ketones is 1. The van der Waals surface area contributed by atoms with Crippen LogP contribution in [0.15, 0.2) is 22.7 Å². The molecule has 1 unspecified atom stereocenters. The molecule has 0 aliphatic carbocycles. The average Bonchev–Trinajstić information content (AvgIpc) is 2.29. The molecule has 5 nitrogen and oxygen atoms in total. The van der Waals surface area contributed by atoms with Crippen LogP contribution in [0.25, 0.3) is 0 Å². The maximum atomic E-state index is 11.4. The van der Waals surface area contributed by atoms with Gasteiger partial charge in [-0.15, -0.1) is 0 Å². The molecular formula is C11H12BrNO4. The van der Waals surface area contributed by atoms with Crippen molar-refractivity contribution in [1.29, 1.82) is 0 Å². The fraction of sp³-hybridized carbons (Fsp3) is 0.364. The number of hydrogen-bond donors (Lipinski definition) is 0. The van der Waals surface area contributed by atoms with E-state index in [4.69, 9.17) is 4.74 Å². The summed E-state index contributed by atoms with van der Waals surface area (Å²) in [6.45, 7) is 3.30. The minimum atomic E-state index is -0.681. The number of carbonyl (C=O) groups excluding carboxylic acids is 1. The van der Waals surface area contributed by atoms with Crippen LogP contribution in [-0.2, 0) is 4.79 Å². The van der Waals surface area contributed by atoms with Crippen LogP contribution in [0.1, 0.15) is 20.3 Å². The van der Waals surface area contributed by atoms with E-state index in [1.54, 1.807) is 19.9 Å². The van der Waals surface area contributed by atoms with Gasteiger partial charge >= 0.3 is 5.69 Å². The third-order valence-electron chi connectivity index (χ3n) is 2.22. The van der Waals surface area contributed by atoms with Crippen molar-refractivity contribution in [1.82, 2.24) is 0 Å². The molecule has 0 heterocycles. The third-order valence-corrected chi connectivity index (χ3v) is 2.72. The van der Waals surface area contributed by atoms with Crippen molar-refractivity contribution in [3.05, 3.63) is 32.8 Å². The van der Waals surface area contributed by atoms with Gasteiger partial charge in [0.1, 0.15) is 0 Å². The van der Waals surface area contributed by atoms with Crippen molar-refractivity contribution in [2.24, 2.45) is 0 Å². The van der Waals surface area contributed by atoms with Crippen LogP contribution in [0, 0.1) is 10.1 Å². The lowest BCUT2D eigenvalue weighted by atomic mass is 10.2. The molecule has 0 bridgehead atoms. The summed E-state index contributed by atoms with van der Waals surface area (Å²) in [4.78, 5) is 21.6. The number of nitro benzene ring substituents is 1. The summed E-state index contributed by atoms with van der Waals surface area (Å²) in [6, 6.07) is 4.45. The van der Waals surface area contributed by atoms with Gasteiger partial charge in [0.2, 0.25) is 0 Å². The van der Waals surface area contributed by atoms with E-state index in [1.807, 2.05) is 0 Å². The van der Waals surface area contributed by atoms with Gasteiger partial charge in [-0.25, -0.2) is 0 Å². The van der Waals surface area contributed by atoms with Crippen LogP contribution >= 0.6 is 15.9 Å². The lowest BCUT2D eigenvalue weighted by Crippen LogP contribution is -2.23. The molecular weight excluding hydrogens is 290 g/mol. The quantitative estimate of drug-likeness (QED) is 0.619. The SMILES string of the molecule is CCC(=O)C(C)Oc1ccc(Br)cc1[N+](=O)[O-]. The predicted octanol–water partition coefficient (Wildman–Crippen LogP) is 3.10. The Balaban J connectivity index is 2.98. The Labute approximate surface area is 107 Å². The number of ether oxygens (including phenoxy) is 1. The summed E-state index contributed by atoms with van der Waals surface area (Å²) in [6.07, 6.45) is -0.342. The number of nitro groups is 1. The lowest BCUT2D eigenvalue weighted by Gasteiger charge is -2.12. The standard InChI is InChI=1S/C11H12BrNO4/c1-3-10(14)7(2)17-11-5-4-8(12)6-9(11)13(15)16/h4-7H,3H2,1-2H3. The first kappa shape index (κ1) is 13.6. The molecule has 1 rings (SSSR count). The molecule has 1 atom stereocenters. The molecule has 0 saturated carbocycles. The topological polar surface area (TPSA) is 69.4 Å². The van der Waals surface area contributed by atoms with Crippen molar-refractivity contribution in [2.75, 3.05) is 0 Å². The van der Waals surface area contributed by atoms with E-state index < -0.39 is 11.0 Å². The first-order valence-electron chi connectivity index (χ1n) is 5.09. The lowest BCUT2D eigenvalue weighted by molar-refractivity contribution is -0.386. The zero-order valence-electron chi connectivity index (χ0n) is 9.47. The molecule has 0 aromatic heterocycles. The van der Waals surface area contributed by atoms with Gasteiger partial charge in [-0.05, 0) is 19.1 Å². The van der Waals surface area contributed by atoms with Gasteiger partial charge in [-0.3, -0.25) is 14.9 Å². The van der Waals surface area contributed by atoms with E-state index in [0.717, 1.165) is 0 Å². The Hall–Kier alpha value is -1.43. The van der Waals surface area contributed by atoms with E-state index in [1.165, 1.54) is 12.1 Å². The maximum Gasteiger partial charge on any atom is 0.312 e. The number of halogens is 1. The van der Waals surface area contributed by atoms with Gasteiger partial charge in [0.15, 0.2) is 17.6 Å². The molecule has 0 saturated heterocycles. The summed E-state index contributed by atoms with van der Waals surface area (Å²) in [5.74, 6) is 0.00900. The highest BCUT2D eigenvalue weighted by atomic mass is 79.9. The van der Waals surface area contributed by atoms with E-state index in [2.05, 4.69) is 15.9 Å². The molecule has 0 amide bonds. The monoisotopic (exact) mass is 301 g/mol. The largest absolute Gasteiger partial charge is 0.476 e. The minimum Gasteiger partial charge on any atom is -0.476 e. The number of nitrogens with zero attached hydrogens (tertiary/aromatic N) is 1. The van der Waals surface area contributed by atoms with Crippen LogP contribution in [-0.4, -0.2) is 16.8 Å². The number of Topliss-reactive ketones (excluding diaryl/α,β-unsaturated/α-hetero) is 1. The van der Waals surface area contributed by atoms with Crippen molar-refractivity contribution in [3.63, 3.8) is 0 Å². The van der Waals surface area contributed by atoms with Gasteiger partial charge in [-0.2, -0.15) is 0 Å². The highest BCUT2D eigenvalue weighted by Gasteiger charge is 2.20. The van der Waals surface area contributed by atoms with E-state index in [0.29, 0.717) is 10.9 Å². The molecule has 0 radical (unpaired) electrons. The van der Waals surface area contributed by atoms with E-state index >= 15 is 0 Å². The molecule has 6 heteroatoms. The van der Waals surface area contributed by atoms with Gasteiger partial charge < -0.3 is 4.74 Å². The molecule has 92 valence electrons. The Bertz CT molecular complexity index is 447. The summed E-state index contributed by atoms with van der Waals surface area (Å²) in [7, 11) is 0. The van der Waals surface area contributed by atoms with Gasteiger partial charge in [0, 0.05) is 17.0 Å². The zero-order valence-corrected chi connectivity index (χ0v) is 11.1. The Morgan fingerprint density at radius 3 is 2.76 bits per heavy atom. The third kappa shape index (κ3) is 3.52. The average molecular weight is 302 g/mol. The summed E-state index contributed by atoms with van der Waals surface area (Å²) < 4.78 is 5.89. The predicted molar refractivity (Wildman–Crippen MR) is 66.2 cm³/mol. The second-order valence-electron chi connectivity index (χ2n) is 3.45. The van der Waals surface area contributed by atoms with Crippen LogP contribution in [0.3, 0.4) is 0 Å². The second-order valence-corrected chi connectivity index (χ2v) is 4.36. The highest BCUT2D eigenvalue weighted by Crippen LogP contribution is 2.30. The first-order chi connectivity index (χ1) is 7.95. The smallest absolute Gasteiger partial charge is 0.312 e. The number of benzene rings is 1. The number of rotatable bonds is 5. The molecule has 0 aliphatic rings. The normalized spacial score (nSPS) is 11.9. The molecule has 0 spiro atoms. The Morgan fingerprint density at radius 1 is 1.59 bits per heavy atom. The van der Waals surface area contributed by atoms with Crippen molar-refractivity contribution >= 4 is 27.4 Å². The fourth-order valence-corrected chi connectivity index (χ4v) is 1.63. The Kier molecular flexibility index (Phi) is 4.62. The van der Waals surface area contributed by atoms with Crippen molar-refractivity contribution in [3.8, 4) is 5.75 Å². The van der Waals surface area contributed by atoms with Gasteiger partial charge in [0.25, 0.3) is 0 Å². The summed E-state index contributed by atoms with van der Waals surface area (Å²) in [5.41, 5.74) is -0.157. The molecule has 0 aliphatic heterocycles. The summed E-state index contributed by atoms with van der Waals surface area (Å²) >= 11 is 3.15. The molecule has 0 fully saturated rings. The summed E-state index contributed by atoms with van der Waals surface area (Å²) in [5, 5.41) is 10.8. The van der Waals surface area contributed by atoms with Crippen LogP contribution in [0.2, 0.25) is 0 Å². The zero-order chi connectivity index (χ0) is 13.0. The van der Waals surface area contributed by atoms with E-state index in [-0.39, 0.29) is 17.2 Å². The molecule has 17 heavy (non-hydrogen) atoms.